The number of hydrogen-bond donors (Lipinski definition) is 2. The van der Waals surface area contributed by atoms with E-state index in [0.29, 0.717) is 18.4 Å². The van der Waals surface area contributed by atoms with E-state index in [9.17, 15) is 4.79 Å². The summed E-state index contributed by atoms with van der Waals surface area (Å²) in [6.07, 6.45) is 5.54. The highest BCUT2D eigenvalue weighted by molar-refractivity contribution is 5.80. The van der Waals surface area contributed by atoms with Gasteiger partial charge in [-0.15, -0.1) is 0 Å². The van der Waals surface area contributed by atoms with Gasteiger partial charge in [-0.2, -0.15) is 0 Å². The molecule has 1 unspecified atom stereocenters. The van der Waals surface area contributed by atoms with Crippen LogP contribution in [0.4, 0.5) is 0 Å². The number of rotatable bonds is 3. The predicted molar refractivity (Wildman–Crippen MR) is 72.2 cm³/mol. The molecule has 102 valence electrons. The van der Waals surface area contributed by atoms with Crippen molar-refractivity contribution in [1.82, 2.24) is 10.2 Å². The molecule has 5 nitrogen and oxygen atoms in total. The fourth-order valence-electron chi connectivity index (χ4n) is 2.93. The highest BCUT2D eigenvalue weighted by atomic mass is 16.2. The topological polar surface area (TPSA) is 70.7 Å². The minimum Gasteiger partial charge on any atom is -0.370 e. The van der Waals surface area contributed by atoms with Crippen molar-refractivity contribution in [2.75, 3.05) is 19.6 Å². The molecule has 0 spiro atoms. The van der Waals surface area contributed by atoms with E-state index in [4.69, 9.17) is 5.73 Å². The first-order chi connectivity index (χ1) is 8.70. The van der Waals surface area contributed by atoms with E-state index < -0.39 is 0 Å². The third-order valence-electron chi connectivity index (χ3n) is 3.88. The van der Waals surface area contributed by atoms with Crippen molar-refractivity contribution in [2.45, 2.75) is 45.1 Å². The first kappa shape index (κ1) is 13.2. The second-order valence-electron chi connectivity index (χ2n) is 5.26. The third-order valence-corrected chi connectivity index (χ3v) is 3.88. The Labute approximate surface area is 109 Å². The van der Waals surface area contributed by atoms with Crippen molar-refractivity contribution >= 4 is 11.9 Å². The molecule has 2 rings (SSSR count). The normalized spacial score (nSPS) is 25.7. The van der Waals surface area contributed by atoms with Crippen LogP contribution in [0.5, 0.6) is 0 Å². The lowest BCUT2D eigenvalue weighted by Gasteiger charge is -2.20. The van der Waals surface area contributed by atoms with Crippen LogP contribution < -0.4 is 11.1 Å². The number of guanidine groups is 1. The van der Waals surface area contributed by atoms with Crippen LogP contribution >= 0.6 is 0 Å². The van der Waals surface area contributed by atoms with E-state index in [1.807, 2.05) is 11.8 Å². The van der Waals surface area contributed by atoms with E-state index in [2.05, 4.69) is 10.3 Å². The molecule has 18 heavy (non-hydrogen) atoms. The number of nitrogens with zero attached hydrogens (tertiary/aromatic N) is 2. The maximum absolute atomic E-state index is 12.2. The number of carbonyl (C=O) groups excluding carboxylic acids is 1. The third kappa shape index (κ3) is 3.15. The molecule has 0 aromatic rings. The number of hydrogen-bond acceptors (Lipinski definition) is 2. The molecule has 1 aliphatic heterocycles. The number of nitrogens with one attached hydrogen (secondary N) is 1. The van der Waals surface area contributed by atoms with Crippen LogP contribution in [-0.4, -0.2) is 42.4 Å². The second kappa shape index (κ2) is 6.07. The summed E-state index contributed by atoms with van der Waals surface area (Å²) in [6, 6.07) is 0.269. The molecule has 1 atom stereocenters. The second-order valence-corrected chi connectivity index (χ2v) is 5.26. The maximum atomic E-state index is 12.2. The number of nitrogens with two attached hydrogens (primary N) is 1. The quantitative estimate of drug-likeness (QED) is 0.574. The molecule has 1 aliphatic carbocycles. The molecular formula is C13H24N4O. The lowest BCUT2D eigenvalue weighted by atomic mass is 10.1. The average molecular weight is 252 g/mol. The summed E-state index contributed by atoms with van der Waals surface area (Å²) < 4.78 is 0. The molecule has 5 heteroatoms. The Morgan fingerprint density at radius 1 is 1.39 bits per heavy atom. The van der Waals surface area contributed by atoms with E-state index in [-0.39, 0.29) is 12.0 Å². The summed E-state index contributed by atoms with van der Waals surface area (Å²) >= 11 is 0. The predicted octanol–water partition coefficient (Wildman–Crippen LogP) is 0.702. The van der Waals surface area contributed by atoms with Gasteiger partial charge in [-0.25, -0.2) is 0 Å². The molecule has 2 fully saturated rings. The Balaban J connectivity index is 1.80. The van der Waals surface area contributed by atoms with Crippen LogP contribution in [0.2, 0.25) is 0 Å². The van der Waals surface area contributed by atoms with Crippen LogP contribution in [0.1, 0.15) is 39.0 Å². The van der Waals surface area contributed by atoms with E-state index >= 15 is 0 Å². The van der Waals surface area contributed by atoms with Gasteiger partial charge in [-0.1, -0.05) is 12.8 Å². The largest absolute Gasteiger partial charge is 0.370 e. The van der Waals surface area contributed by atoms with Gasteiger partial charge in [0.05, 0.1) is 0 Å². The van der Waals surface area contributed by atoms with Crippen LogP contribution in [0.25, 0.3) is 0 Å². The monoisotopic (exact) mass is 252 g/mol. The number of amides is 1. The molecule has 0 bridgehead atoms. The van der Waals surface area contributed by atoms with E-state index in [1.54, 1.807) is 0 Å². The van der Waals surface area contributed by atoms with Gasteiger partial charge in [0.1, 0.15) is 0 Å². The van der Waals surface area contributed by atoms with Crippen molar-refractivity contribution < 1.29 is 4.79 Å². The fourth-order valence-corrected chi connectivity index (χ4v) is 2.93. The smallest absolute Gasteiger partial charge is 0.225 e. The first-order valence-corrected chi connectivity index (χ1v) is 7.06. The zero-order valence-electron chi connectivity index (χ0n) is 11.2. The zero-order valence-corrected chi connectivity index (χ0v) is 11.2. The molecule has 0 radical (unpaired) electrons. The zero-order chi connectivity index (χ0) is 13.0. The molecule has 3 N–H and O–H groups in total. The molecule has 1 heterocycles. The molecule has 1 amide bonds. The van der Waals surface area contributed by atoms with Crippen LogP contribution in [0.15, 0.2) is 4.99 Å². The van der Waals surface area contributed by atoms with E-state index in [1.165, 1.54) is 12.8 Å². The lowest BCUT2D eigenvalue weighted by Crippen LogP contribution is -2.43. The number of likely N-dealkylation sites (tertiary alicyclic amines) is 1. The van der Waals surface area contributed by atoms with Gasteiger partial charge in [0, 0.05) is 31.6 Å². The van der Waals surface area contributed by atoms with Gasteiger partial charge in [0.25, 0.3) is 0 Å². The molecule has 2 aliphatic rings. The van der Waals surface area contributed by atoms with Crippen molar-refractivity contribution in [1.29, 1.82) is 0 Å². The first-order valence-electron chi connectivity index (χ1n) is 7.06. The van der Waals surface area contributed by atoms with Gasteiger partial charge in [-0.3, -0.25) is 9.79 Å². The Morgan fingerprint density at radius 3 is 2.78 bits per heavy atom. The Morgan fingerprint density at radius 2 is 2.11 bits per heavy atom. The summed E-state index contributed by atoms with van der Waals surface area (Å²) in [5, 5.41) is 3.19. The summed E-state index contributed by atoms with van der Waals surface area (Å²) in [4.78, 5) is 18.3. The minimum atomic E-state index is 0.269. The van der Waals surface area contributed by atoms with Gasteiger partial charge >= 0.3 is 0 Å². The molecule has 0 aromatic heterocycles. The van der Waals surface area contributed by atoms with Crippen molar-refractivity contribution in [3.05, 3.63) is 0 Å². The van der Waals surface area contributed by atoms with Gasteiger partial charge in [0.2, 0.25) is 5.91 Å². The SMILES string of the molecule is CCN=C(N)NC1CCN(C(=O)C2CCCC2)C1. The Bertz CT molecular complexity index is 323. The number of carbonyl (C=O) groups is 1. The Hall–Kier alpha value is -1.26. The average Bonchev–Trinajstić information content (AvgIpc) is 2.98. The van der Waals surface area contributed by atoms with Gasteiger partial charge < -0.3 is 16.0 Å². The highest BCUT2D eigenvalue weighted by Gasteiger charge is 2.32. The van der Waals surface area contributed by atoms with Crippen LogP contribution in [0, 0.1) is 5.92 Å². The molecular weight excluding hydrogens is 228 g/mol. The lowest BCUT2D eigenvalue weighted by molar-refractivity contribution is -0.134. The highest BCUT2D eigenvalue weighted by Crippen LogP contribution is 2.27. The molecule has 0 aromatic carbocycles. The van der Waals surface area contributed by atoms with Crippen LogP contribution in [0.3, 0.4) is 0 Å². The van der Waals surface area contributed by atoms with Crippen molar-refractivity contribution in [3.8, 4) is 0 Å². The van der Waals surface area contributed by atoms with Crippen molar-refractivity contribution in [2.24, 2.45) is 16.6 Å². The van der Waals surface area contributed by atoms with Gasteiger partial charge in [-0.05, 0) is 26.2 Å². The summed E-state index contributed by atoms with van der Waals surface area (Å²) in [5.41, 5.74) is 5.74. The van der Waals surface area contributed by atoms with E-state index in [0.717, 1.165) is 32.4 Å². The Kier molecular flexibility index (Phi) is 4.44. The standard InChI is InChI=1S/C13H24N4O/c1-2-15-13(14)16-11-7-8-17(9-11)12(18)10-5-3-4-6-10/h10-11H,2-9H2,1H3,(H3,14,15,16). The minimum absolute atomic E-state index is 0.269. The van der Waals surface area contributed by atoms with Crippen molar-refractivity contribution in [3.63, 3.8) is 0 Å². The summed E-state index contributed by atoms with van der Waals surface area (Å²) in [6.45, 7) is 4.27. The molecule has 1 saturated carbocycles. The fraction of sp³-hybridized carbons (Fsp3) is 0.846. The van der Waals surface area contributed by atoms with Crippen LogP contribution in [-0.2, 0) is 4.79 Å². The molecule has 1 saturated heterocycles. The summed E-state index contributed by atoms with van der Waals surface area (Å²) in [7, 11) is 0. The maximum Gasteiger partial charge on any atom is 0.225 e. The summed E-state index contributed by atoms with van der Waals surface area (Å²) in [5.74, 6) is 1.13. The number of aliphatic imine (C=N–C) groups is 1. The van der Waals surface area contributed by atoms with Gasteiger partial charge in [0.15, 0.2) is 5.96 Å².